The fraction of sp³-hybridized carbons (Fsp3) is 0.350. The zero-order valence-corrected chi connectivity index (χ0v) is 15.3. The highest BCUT2D eigenvalue weighted by atomic mass is 16.2. The number of anilines is 1. The third kappa shape index (κ3) is 3.69. The molecule has 2 aromatic rings. The van der Waals surface area contributed by atoms with E-state index in [1.807, 2.05) is 22.7 Å². The number of hydrogen-bond donors (Lipinski definition) is 0. The van der Waals surface area contributed by atoms with Crippen LogP contribution < -0.4 is 4.90 Å². The van der Waals surface area contributed by atoms with Crippen molar-refractivity contribution in [3.63, 3.8) is 0 Å². The summed E-state index contributed by atoms with van der Waals surface area (Å²) >= 11 is 0. The summed E-state index contributed by atoms with van der Waals surface area (Å²) in [6.07, 6.45) is 7.00. The van der Waals surface area contributed by atoms with Crippen molar-refractivity contribution >= 4 is 17.5 Å². The first kappa shape index (κ1) is 17.9. The van der Waals surface area contributed by atoms with Crippen LogP contribution in [0.25, 0.3) is 0 Å². The Labute approximate surface area is 153 Å². The van der Waals surface area contributed by atoms with Crippen LogP contribution in [0.1, 0.15) is 34.8 Å². The minimum absolute atomic E-state index is 0.0318. The predicted molar refractivity (Wildman–Crippen MR) is 101 cm³/mol. The molecule has 136 valence electrons. The van der Waals surface area contributed by atoms with Gasteiger partial charge in [-0.2, -0.15) is 5.10 Å². The Morgan fingerprint density at radius 3 is 2.42 bits per heavy atom. The molecule has 1 aromatic heterocycles. The summed E-state index contributed by atoms with van der Waals surface area (Å²) in [5, 5.41) is 4.39. The highest BCUT2D eigenvalue weighted by molar-refractivity contribution is 6.01. The van der Waals surface area contributed by atoms with Gasteiger partial charge < -0.3 is 9.80 Å². The van der Waals surface area contributed by atoms with E-state index in [0.717, 1.165) is 37.2 Å². The van der Waals surface area contributed by atoms with Crippen molar-refractivity contribution in [2.45, 2.75) is 25.8 Å². The molecule has 1 fully saturated rings. The van der Waals surface area contributed by atoms with Gasteiger partial charge >= 0.3 is 0 Å². The summed E-state index contributed by atoms with van der Waals surface area (Å²) < 4.78 is 2.01. The van der Waals surface area contributed by atoms with Crippen LogP contribution in [0.2, 0.25) is 0 Å². The number of nitrogens with zero attached hydrogens (tertiary/aromatic N) is 4. The third-order valence-electron chi connectivity index (χ3n) is 4.86. The zero-order chi connectivity index (χ0) is 18.7. The number of carbonyl (C=O) groups excluding carboxylic acids is 2. The second-order valence-electron chi connectivity index (χ2n) is 6.67. The van der Waals surface area contributed by atoms with E-state index >= 15 is 0 Å². The van der Waals surface area contributed by atoms with E-state index in [9.17, 15) is 9.59 Å². The van der Waals surface area contributed by atoms with E-state index in [-0.39, 0.29) is 11.8 Å². The van der Waals surface area contributed by atoms with Gasteiger partial charge in [0.05, 0.1) is 12.2 Å². The Bertz CT molecular complexity index is 801. The lowest BCUT2D eigenvalue weighted by atomic mass is 10.0. The lowest BCUT2D eigenvalue weighted by Gasteiger charge is -2.32. The summed E-state index contributed by atoms with van der Waals surface area (Å²) in [6.45, 7) is 6.96. The lowest BCUT2D eigenvalue weighted by Crippen LogP contribution is -2.39. The summed E-state index contributed by atoms with van der Waals surface area (Å²) in [4.78, 5) is 27.8. The summed E-state index contributed by atoms with van der Waals surface area (Å²) in [6, 6.07) is 7.47. The van der Waals surface area contributed by atoms with E-state index in [1.54, 1.807) is 31.3 Å². The molecule has 1 aliphatic rings. The fourth-order valence-electron chi connectivity index (χ4n) is 3.24. The van der Waals surface area contributed by atoms with Gasteiger partial charge in [-0.05, 0) is 55.7 Å². The van der Waals surface area contributed by atoms with E-state index < -0.39 is 0 Å². The van der Waals surface area contributed by atoms with Gasteiger partial charge in [-0.3, -0.25) is 14.3 Å². The van der Waals surface area contributed by atoms with Crippen molar-refractivity contribution in [2.75, 3.05) is 25.0 Å². The Hall–Kier alpha value is -2.89. The molecule has 2 amide bonds. The first-order valence-electron chi connectivity index (χ1n) is 8.80. The summed E-state index contributed by atoms with van der Waals surface area (Å²) in [7, 11) is 1.68. The van der Waals surface area contributed by atoms with Crippen molar-refractivity contribution in [2.24, 2.45) is 0 Å². The van der Waals surface area contributed by atoms with Gasteiger partial charge in [0.2, 0.25) is 5.91 Å². The topological polar surface area (TPSA) is 58.4 Å². The fourth-order valence-corrected chi connectivity index (χ4v) is 3.24. The lowest BCUT2D eigenvalue weighted by molar-refractivity contribution is -0.113. The molecule has 26 heavy (non-hydrogen) atoms. The number of carbonyl (C=O) groups is 2. The van der Waals surface area contributed by atoms with E-state index in [4.69, 9.17) is 0 Å². The maximum Gasteiger partial charge on any atom is 0.253 e. The van der Waals surface area contributed by atoms with Crippen molar-refractivity contribution < 1.29 is 9.59 Å². The van der Waals surface area contributed by atoms with Gasteiger partial charge in [-0.1, -0.05) is 6.58 Å². The number of likely N-dealkylation sites (tertiary alicyclic amines) is 1. The molecule has 0 saturated carbocycles. The van der Waals surface area contributed by atoms with Gasteiger partial charge in [0.25, 0.3) is 5.91 Å². The summed E-state index contributed by atoms with van der Waals surface area (Å²) in [5.74, 6) is -0.149. The SMILES string of the molecule is C=CC(=O)N(C)c1ccc(C(=O)N2CCC(n3cc(C)cn3)CC2)cc1. The van der Waals surface area contributed by atoms with Crippen LogP contribution >= 0.6 is 0 Å². The molecule has 0 unspecified atom stereocenters. The highest BCUT2D eigenvalue weighted by Crippen LogP contribution is 2.24. The van der Waals surface area contributed by atoms with E-state index in [2.05, 4.69) is 17.9 Å². The standard InChI is InChI=1S/C20H24N4O2/c1-4-19(25)22(3)17-7-5-16(6-8-17)20(26)23-11-9-18(10-12-23)24-14-15(2)13-21-24/h4-8,13-14,18H,1,9-12H2,2-3H3. The molecule has 0 radical (unpaired) electrons. The van der Waals surface area contributed by atoms with Crippen LogP contribution in [0.5, 0.6) is 0 Å². The molecule has 0 aliphatic carbocycles. The molecule has 6 nitrogen and oxygen atoms in total. The maximum absolute atomic E-state index is 12.7. The van der Waals surface area contributed by atoms with E-state index in [1.165, 1.54) is 11.0 Å². The smallest absolute Gasteiger partial charge is 0.253 e. The first-order valence-corrected chi connectivity index (χ1v) is 8.80. The van der Waals surface area contributed by atoms with Gasteiger partial charge in [0, 0.05) is 37.6 Å². The maximum atomic E-state index is 12.7. The average molecular weight is 352 g/mol. The molecule has 2 heterocycles. The van der Waals surface area contributed by atoms with Crippen LogP contribution in [0.4, 0.5) is 5.69 Å². The van der Waals surface area contributed by atoms with Gasteiger partial charge in [-0.25, -0.2) is 0 Å². The van der Waals surface area contributed by atoms with Crippen molar-refractivity contribution in [3.8, 4) is 0 Å². The summed E-state index contributed by atoms with van der Waals surface area (Å²) in [5.41, 5.74) is 2.53. The molecule has 0 bridgehead atoms. The largest absolute Gasteiger partial charge is 0.338 e. The van der Waals surface area contributed by atoms with Crippen LogP contribution in [0, 0.1) is 6.92 Å². The molecule has 3 rings (SSSR count). The number of rotatable bonds is 4. The second-order valence-corrected chi connectivity index (χ2v) is 6.67. The molecule has 0 N–H and O–H groups in total. The Balaban J connectivity index is 1.61. The molecule has 1 saturated heterocycles. The average Bonchev–Trinajstić information content (AvgIpc) is 3.13. The highest BCUT2D eigenvalue weighted by Gasteiger charge is 2.25. The number of likely N-dealkylation sites (N-methyl/N-ethyl adjacent to an activating group) is 1. The quantitative estimate of drug-likeness (QED) is 0.795. The molecule has 0 atom stereocenters. The number of amides is 2. The molecule has 0 spiro atoms. The number of aryl methyl sites for hydroxylation is 1. The number of piperidine rings is 1. The van der Waals surface area contributed by atoms with Gasteiger partial charge in [0.1, 0.15) is 0 Å². The molecular formula is C20H24N4O2. The van der Waals surface area contributed by atoms with E-state index in [0.29, 0.717) is 11.6 Å². The first-order chi connectivity index (χ1) is 12.5. The third-order valence-corrected chi connectivity index (χ3v) is 4.86. The zero-order valence-electron chi connectivity index (χ0n) is 15.3. The van der Waals surface area contributed by atoms with Crippen LogP contribution in [0.3, 0.4) is 0 Å². The van der Waals surface area contributed by atoms with Crippen molar-refractivity contribution in [1.82, 2.24) is 14.7 Å². The van der Waals surface area contributed by atoms with Crippen molar-refractivity contribution in [3.05, 3.63) is 60.4 Å². The Kier molecular flexibility index (Phi) is 5.21. The Morgan fingerprint density at radius 1 is 1.23 bits per heavy atom. The van der Waals surface area contributed by atoms with Crippen LogP contribution in [-0.4, -0.2) is 46.6 Å². The number of benzene rings is 1. The Morgan fingerprint density at radius 2 is 1.88 bits per heavy atom. The monoisotopic (exact) mass is 352 g/mol. The van der Waals surface area contributed by atoms with Crippen LogP contribution in [0.15, 0.2) is 49.3 Å². The van der Waals surface area contributed by atoms with Crippen molar-refractivity contribution in [1.29, 1.82) is 0 Å². The minimum Gasteiger partial charge on any atom is -0.338 e. The number of aromatic nitrogens is 2. The minimum atomic E-state index is -0.181. The van der Waals surface area contributed by atoms with Gasteiger partial charge in [0.15, 0.2) is 0 Å². The molecule has 1 aromatic carbocycles. The molecule has 1 aliphatic heterocycles. The van der Waals surface area contributed by atoms with Crippen LogP contribution in [-0.2, 0) is 4.79 Å². The van der Waals surface area contributed by atoms with Gasteiger partial charge in [-0.15, -0.1) is 0 Å². The number of hydrogen-bond acceptors (Lipinski definition) is 3. The predicted octanol–water partition coefficient (Wildman–Crippen LogP) is 2.82. The molecule has 6 heteroatoms. The molecular weight excluding hydrogens is 328 g/mol. The second kappa shape index (κ2) is 7.56. The normalized spacial score (nSPS) is 14.9.